The summed E-state index contributed by atoms with van der Waals surface area (Å²) in [5.74, 6) is 1.32. The molecule has 536 valence electrons. The van der Waals surface area contributed by atoms with Crippen molar-refractivity contribution >= 4 is 90.0 Å². The molecule has 100 heavy (non-hydrogen) atoms. The van der Waals surface area contributed by atoms with Crippen molar-refractivity contribution in [2.24, 2.45) is 57.2 Å². The van der Waals surface area contributed by atoms with E-state index in [2.05, 4.69) is 86.2 Å². The van der Waals surface area contributed by atoms with E-state index >= 15 is 0 Å². The maximum absolute atomic E-state index is 13.1. The lowest BCUT2D eigenvalue weighted by molar-refractivity contribution is -0.152. The normalized spacial score (nSPS) is 29.7. The molecule has 12 rings (SSSR count). The number of hydrogen-bond acceptors (Lipinski definition) is 14. The molecule has 4 fully saturated rings. The number of nitrogens with zero attached hydrogens (tertiary/aromatic N) is 4. The van der Waals surface area contributed by atoms with Crippen molar-refractivity contribution in [3.63, 3.8) is 0 Å². The van der Waals surface area contributed by atoms with Crippen molar-refractivity contribution in [1.29, 1.82) is 0 Å². The molecule has 2 amide bonds. The maximum Gasteiger partial charge on any atom is 0.323 e. The van der Waals surface area contributed by atoms with Gasteiger partial charge in [-0.05, 0) is 180 Å². The lowest BCUT2D eigenvalue weighted by Gasteiger charge is -2.57. The van der Waals surface area contributed by atoms with Crippen molar-refractivity contribution in [2.75, 3.05) is 13.1 Å². The lowest BCUT2D eigenvalue weighted by atomic mass is 9.47. The molecule has 2 aromatic carbocycles. The maximum atomic E-state index is 13.1. The van der Waals surface area contributed by atoms with Crippen LogP contribution in [0.3, 0.4) is 0 Å². The second kappa shape index (κ2) is 33.1. The zero-order valence-electron chi connectivity index (χ0n) is 59.8. The van der Waals surface area contributed by atoms with Crippen LogP contribution in [0, 0.1) is 57.2 Å². The van der Waals surface area contributed by atoms with E-state index in [1.165, 1.54) is 68.9 Å². The molecular weight excluding hydrogens is 1330 g/mol. The van der Waals surface area contributed by atoms with Gasteiger partial charge in [-0.3, -0.25) is 38.7 Å². The van der Waals surface area contributed by atoms with E-state index in [9.17, 15) is 39.0 Å². The fourth-order valence-corrected chi connectivity index (χ4v) is 23.8. The van der Waals surface area contributed by atoms with Crippen molar-refractivity contribution in [3.8, 4) is 0 Å². The van der Waals surface area contributed by atoms with Crippen LogP contribution in [0.25, 0.3) is 11.1 Å². The molecule has 0 aliphatic heterocycles. The first-order valence-electron chi connectivity index (χ1n) is 36.6. The average Bonchev–Trinajstić information content (AvgIpc) is 1.39. The number of carboxylic acids is 2. The van der Waals surface area contributed by atoms with E-state index in [0.29, 0.717) is 48.3 Å². The van der Waals surface area contributed by atoms with E-state index in [-0.39, 0.29) is 118 Å². The number of carbonyl (C=O) groups is 6. The number of hydrogen-bond donors (Lipinski definition) is 2. The van der Waals surface area contributed by atoms with Gasteiger partial charge in [0.15, 0.2) is 0 Å². The van der Waals surface area contributed by atoms with E-state index < -0.39 is 11.9 Å². The number of aromatic nitrogens is 2. The van der Waals surface area contributed by atoms with Gasteiger partial charge in [0.1, 0.15) is 25.3 Å². The van der Waals surface area contributed by atoms with Crippen LogP contribution >= 0.6 is 43.2 Å². The molecule has 4 aromatic rings. The van der Waals surface area contributed by atoms with Crippen molar-refractivity contribution in [1.82, 2.24) is 19.8 Å². The number of fused-ring (bicyclic) bond motifs is 10. The Morgan fingerprint density at radius 3 is 1.20 bits per heavy atom. The van der Waals surface area contributed by atoms with Gasteiger partial charge in [0.25, 0.3) is 0 Å². The Morgan fingerprint density at radius 2 is 0.840 bits per heavy atom. The summed E-state index contributed by atoms with van der Waals surface area (Å²) >= 11 is 0. The number of rotatable bonds is 26. The first kappa shape index (κ1) is 75.1. The molecule has 4 saturated carbocycles. The Hall–Kier alpha value is -6.08. The van der Waals surface area contributed by atoms with Crippen molar-refractivity contribution < 1.29 is 48.5 Å². The number of aliphatic carboxylic acids is 2. The third-order valence-corrected chi connectivity index (χ3v) is 31.0. The summed E-state index contributed by atoms with van der Waals surface area (Å²) in [6.07, 6.45) is 33.9. The van der Waals surface area contributed by atoms with Crippen LogP contribution in [-0.2, 0) is 51.3 Å². The molecule has 18 heteroatoms. The molecule has 0 spiro atoms. The van der Waals surface area contributed by atoms with Crippen LogP contribution in [0.4, 0.5) is 0 Å². The van der Waals surface area contributed by atoms with Gasteiger partial charge in [-0.1, -0.05) is 207 Å². The Bertz CT molecular complexity index is 3430. The molecular formula is C82H104N4O10S4. The summed E-state index contributed by atoms with van der Waals surface area (Å²) in [7, 11) is 6.33. The quantitative estimate of drug-likeness (QED) is 0.0342. The van der Waals surface area contributed by atoms with Gasteiger partial charge in [-0.15, -0.1) is 0 Å². The minimum atomic E-state index is -1.03. The minimum Gasteiger partial charge on any atom is -0.480 e. The molecule has 0 saturated heterocycles. The van der Waals surface area contributed by atoms with Crippen LogP contribution in [-0.4, -0.2) is 112 Å². The Kier molecular flexibility index (Phi) is 24.9. The van der Waals surface area contributed by atoms with Gasteiger partial charge in [0.2, 0.25) is 11.8 Å². The van der Waals surface area contributed by atoms with E-state index in [1.54, 1.807) is 43.2 Å². The van der Waals surface area contributed by atoms with Gasteiger partial charge >= 0.3 is 23.9 Å². The topological polar surface area (TPSA) is 194 Å². The predicted molar refractivity (Wildman–Crippen MR) is 404 cm³/mol. The second-order valence-corrected chi connectivity index (χ2v) is 37.3. The minimum absolute atomic E-state index is 0.0288. The highest BCUT2D eigenvalue weighted by Gasteiger charge is 2.59. The largest absolute Gasteiger partial charge is 0.480 e. The van der Waals surface area contributed by atoms with Gasteiger partial charge in [-0.2, -0.15) is 0 Å². The van der Waals surface area contributed by atoms with Crippen LogP contribution in [0.1, 0.15) is 193 Å². The number of amides is 2. The number of esters is 2. The molecule has 2 unspecified atom stereocenters. The van der Waals surface area contributed by atoms with Crippen molar-refractivity contribution in [3.05, 3.63) is 167 Å². The van der Waals surface area contributed by atoms with E-state index in [4.69, 9.17) is 9.47 Å². The number of carboxylic acid groups (broad SMARTS) is 2. The highest BCUT2D eigenvalue weighted by molar-refractivity contribution is 8.77. The van der Waals surface area contributed by atoms with Gasteiger partial charge in [0.05, 0.1) is 12.8 Å². The average molecular weight is 1430 g/mol. The molecule has 16 atom stereocenters. The fourth-order valence-electron chi connectivity index (χ4n) is 19.1. The Balaban J connectivity index is 0.000000202. The molecule has 14 nitrogen and oxygen atoms in total. The van der Waals surface area contributed by atoms with Gasteiger partial charge < -0.3 is 29.5 Å². The highest BCUT2D eigenvalue weighted by Crippen LogP contribution is 2.68. The monoisotopic (exact) mass is 1430 g/mol. The summed E-state index contributed by atoms with van der Waals surface area (Å²) in [6.45, 7) is 17.8. The van der Waals surface area contributed by atoms with Crippen LogP contribution in [0.15, 0.2) is 145 Å². The van der Waals surface area contributed by atoms with Gasteiger partial charge in [-0.25, -0.2) is 0 Å². The van der Waals surface area contributed by atoms with E-state index in [0.717, 1.165) is 75.3 Å². The Morgan fingerprint density at radius 1 is 0.470 bits per heavy atom. The first-order chi connectivity index (χ1) is 47.9. The summed E-state index contributed by atoms with van der Waals surface area (Å²) in [5, 5.41) is 18.7. The second-order valence-electron chi connectivity index (χ2n) is 31.0. The number of pyridine rings is 2. The molecule has 2 heterocycles. The fraction of sp³-hybridized carbons (Fsp3) is 0.561. The van der Waals surface area contributed by atoms with Crippen LogP contribution in [0.2, 0.25) is 0 Å². The molecule has 8 aliphatic carbocycles. The smallest absolute Gasteiger partial charge is 0.323 e. The van der Waals surface area contributed by atoms with Crippen LogP contribution < -0.4 is 0 Å². The molecule has 8 aliphatic rings. The third-order valence-electron chi connectivity index (χ3n) is 24.2. The highest BCUT2D eigenvalue weighted by atomic mass is 33.1. The third kappa shape index (κ3) is 17.6. The molecule has 0 bridgehead atoms. The number of carbonyl (C=O) groups excluding carboxylic acids is 4. The number of allylic oxidation sites excluding steroid dienone is 6. The molecule has 2 aromatic heterocycles. The lowest BCUT2D eigenvalue weighted by Crippen LogP contribution is -2.50. The Labute approximate surface area is 609 Å². The summed E-state index contributed by atoms with van der Waals surface area (Å²) in [4.78, 5) is 86.7. The summed E-state index contributed by atoms with van der Waals surface area (Å²) in [6, 6.07) is 27.4. The standard InChI is InChI=1S/2C41H52N2O5S2/c2*1-27(21-37(44)43(26-38(45)46)25-29-9-6-5-7-10-29)49-50-28(2)22-39(47)48-32-16-18-40(3)31(23-32)12-13-33-35-15-14-34(30-11-8-20-42-24-30)41(35,4)19-17-36(33)40/h2*5-12,14,20,24,27-28,32-33,35-36H,13,15-19,21-23,25-26H2,1-4H3,(H,45,46)/t27?,28-,32+,33+,35+,36+,40+,41-;27?,28-,32-,33-,35-,36-,40-,41+/m10/s1. The van der Waals surface area contributed by atoms with Crippen molar-refractivity contribution in [2.45, 2.75) is 217 Å². The summed E-state index contributed by atoms with van der Waals surface area (Å²) < 4.78 is 12.2. The number of ether oxygens (including phenoxy) is 2. The summed E-state index contributed by atoms with van der Waals surface area (Å²) in [5.41, 5.74) is 11.2. The zero-order valence-corrected chi connectivity index (χ0v) is 63.0. The molecule has 2 N–H and O–H groups in total. The molecule has 0 radical (unpaired) electrons. The first-order valence-corrected chi connectivity index (χ1v) is 41.2. The van der Waals surface area contributed by atoms with E-state index in [1.807, 2.05) is 113 Å². The zero-order chi connectivity index (χ0) is 70.9. The van der Waals surface area contributed by atoms with Crippen LogP contribution in [0.5, 0.6) is 0 Å². The SMILES string of the molecule is CC(CC(=O)N(CC(=O)O)Cc1ccccc1)SS[C@@H](C)CC(=O)O[C@H]1CC[C@@]2(C)C(=CC[C@@H]3[C@@H]2CC[C@]2(C)C(c4cccnc4)=CC[C@@H]32)C1.CC(CC(=O)N(CC(=O)O)Cc1ccccc1)SS[C@H](C)CC(=O)O[C@H]1CC[C@@]2(C)C(=CC[C@@H]3[C@@H]2CC[C@]2(C)C(c4cccnc4)=CC[C@@H]32)C1. The predicted octanol–water partition coefficient (Wildman–Crippen LogP) is 18.0. The van der Waals surface area contributed by atoms with Gasteiger partial charge in [0, 0.05) is 84.6 Å². The number of benzene rings is 2.